The van der Waals surface area contributed by atoms with Crippen LogP contribution in [0.1, 0.15) is 32.9 Å². The molecule has 0 saturated heterocycles. The minimum Gasteiger partial charge on any atom is -0.466 e. The zero-order valence-electron chi connectivity index (χ0n) is 12.8. The molecule has 1 N–H and O–H groups in total. The largest absolute Gasteiger partial charge is 0.466 e. The molecule has 0 bridgehead atoms. The van der Waals surface area contributed by atoms with Gasteiger partial charge in [0.2, 0.25) is 0 Å². The van der Waals surface area contributed by atoms with E-state index >= 15 is 0 Å². The summed E-state index contributed by atoms with van der Waals surface area (Å²) in [4.78, 5) is 18.0. The van der Waals surface area contributed by atoms with Gasteiger partial charge in [0.05, 0.1) is 18.7 Å². The third-order valence-corrected chi connectivity index (χ3v) is 3.88. The van der Waals surface area contributed by atoms with Gasteiger partial charge in [0.1, 0.15) is 0 Å². The van der Waals surface area contributed by atoms with Crippen molar-refractivity contribution in [2.45, 2.75) is 39.7 Å². The highest BCUT2D eigenvalue weighted by atomic mass is 32.1. The van der Waals surface area contributed by atoms with Crippen molar-refractivity contribution in [2.24, 2.45) is 0 Å². The number of hydrogen-bond acceptors (Lipinski definition) is 6. The van der Waals surface area contributed by atoms with Gasteiger partial charge >= 0.3 is 5.97 Å². The Morgan fingerprint density at radius 2 is 2.30 bits per heavy atom. The average molecular weight is 299 g/mol. The Labute approximate surface area is 125 Å². The van der Waals surface area contributed by atoms with Crippen LogP contribution in [-0.4, -0.2) is 48.6 Å². The Morgan fingerprint density at radius 3 is 2.95 bits per heavy atom. The van der Waals surface area contributed by atoms with E-state index in [9.17, 15) is 4.79 Å². The molecule has 1 aromatic rings. The van der Waals surface area contributed by atoms with E-state index in [1.807, 2.05) is 5.38 Å². The Hall–Kier alpha value is -1.14. The van der Waals surface area contributed by atoms with Gasteiger partial charge in [-0.25, -0.2) is 4.98 Å². The number of anilines is 1. The van der Waals surface area contributed by atoms with Gasteiger partial charge < -0.3 is 15.0 Å². The number of esters is 1. The normalized spacial score (nSPS) is 11.1. The van der Waals surface area contributed by atoms with Crippen molar-refractivity contribution in [3.05, 3.63) is 11.1 Å². The van der Waals surface area contributed by atoms with Crippen LogP contribution in [0.4, 0.5) is 5.13 Å². The summed E-state index contributed by atoms with van der Waals surface area (Å²) in [5, 5.41) is 6.07. The lowest BCUT2D eigenvalue weighted by atomic mass is 10.3. The molecule has 0 saturated carbocycles. The number of nitrogens with one attached hydrogen (secondary N) is 1. The molecular weight excluding hydrogens is 274 g/mol. The Bertz CT molecular complexity index is 407. The second-order valence-corrected chi connectivity index (χ2v) is 5.84. The maximum atomic E-state index is 11.3. The maximum Gasteiger partial charge on any atom is 0.311 e. The number of nitrogens with zero attached hydrogens (tertiary/aromatic N) is 2. The minimum absolute atomic E-state index is 0.220. The smallest absolute Gasteiger partial charge is 0.311 e. The van der Waals surface area contributed by atoms with E-state index in [2.05, 4.69) is 36.1 Å². The highest BCUT2D eigenvalue weighted by Crippen LogP contribution is 2.16. The molecule has 1 aromatic heterocycles. The van der Waals surface area contributed by atoms with Gasteiger partial charge in [-0.1, -0.05) is 0 Å². The molecule has 0 aliphatic carbocycles. The lowest BCUT2D eigenvalue weighted by molar-refractivity contribution is -0.142. The summed E-state index contributed by atoms with van der Waals surface area (Å²) < 4.78 is 4.90. The monoisotopic (exact) mass is 299 g/mol. The van der Waals surface area contributed by atoms with Gasteiger partial charge in [-0.15, -0.1) is 11.3 Å². The van der Waals surface area contributed by atoms with Crippen molar-refractivity contribution in [3.63, 3.8) is 0 Å². The van der Waals surface area contributed by atoms with Crippen molar-refractivity contribution in [3.8, 4) is 0 Å². The maximum absolute atomic E-state index is 11.3. The van der Waals surface area contributed by atoms with Crippen LogP contribution in [0.3, 0.4) is 0 Å². The summed E-state index contributed by atoms with van der Waals surface area (Å²) in [7, 11) is 2.13. The van der Waals surface area contributed by atoms with Gasteiger partial charge in [0, 0.05) is 18.0 Å². The van der Waals surface area contributed by atoms with Gasteiger partial charge in [-0.05, 0) is 40.8 Å². The van der Waals surface area contributed by atoms with E-state index in [1.54, 1.807) is 6.92 Å². The molecule has 20 heavy (non-hydrogen) atoms. The lowest BCUT2D eigenvalue weighted by Crippen LogP contribution is -2.28. The molecule has 0 radical (unpaired) electrons. The fourth-order valence-electron chi connectivity index (χ4n) is 1.61. The van der Waals surface area contributed by atoms with E-state index < -0.39 is 0 Å². The van der Waals surface area contributed by atoms with Crippen LogP contribution in [0.5, 0.6) is 0 Å². The van der Waals surface area contributed by atoms with Gasteiger partial charge in [-0.2, -0.15) is 0 Å². The molecule has 6 heteroatoms. The minimum atomic E-state index is -0.220. The summed E-state index contributed by atoms with van der Waals surface area (Å²) in [6.07, 6.45) is 1.32. The summed E-state index contributed by atoms with van der Waals surface area (Å²) in [6, 6.07) is 0.575. The summed E-state index contributed by atoms with van der Waals surface area (Å²) in [5.41, 5.74) is 0.773. The molecular formula is C14H25N3O2S. The lowest BCUT2D eigenvalue weighted by Gasteiger charge is -2.20. The van der Waals surface area contributed by atoms with Gasteiger partial charge in [0.25, 0.3) is 0 Å². The second-order valence-electron chi connectivity index (χ2n) is 4.98. The van der Waals surface area contributed by atoms with E-state index in [4.69, 9.17) is 4.74 Å². The predicted octanol–water partition coefficient (Wildman–Crippen LogP) is 2.39. The fourth-order valence-corrected chi connectivity index (χ4v) is 2.35. The number of ether oxygens (including phenoxy) is 1. The van der Waals surface area contributed by atoms with Crippen LogP contribution in [0.2, 0.25) is 0 Å². The summed E-state index contributed by atoms with van der Waals surface area (Å²) in [5.74, 6) is -0.220. The van der Waals surface area contributed by atoms with Crippen molar-refractivity contribution in [2.75, 3.05) is 32.1 Å². The quantitative estimate of drug-likeness (QED) is 0.560. The SMILES string of the molecule is CCOC(=O)Cc1csc(NCCCN(C)C(C)C)n1. The molecule has 0 aliphatic heterocycles. The van der Waals surface area contributed by atoms with Crippen LogP contribution < -0.4 is 5.32 Å². The van der Waals surface area contributed by atoms with Crippen LogP contribution in [0, 0.1) is 0 Å². The molecule has 0 unspecified atom stereocenters. The third kappa shape index (κ3) is 6.34. The van der Waals surface area contributed by atoms with Crippen molar-refractivity contribution < 1.29 is 9.53 Å². The number of carbonyl (C=O) groups is 1. The van der Waals surface area contributed by atoms with E-state index in [1.165, 1.54) is 11.3 Å². The fraction of sp³-hybridized carbons (Fsp3) is 0.714. The van der Waals surface area contributed by atoms with Crippen molar-refractivity contribution >= 4 is 22.4 Å². The van der Waals surface area contributed by atoms with E-state index in [-0.39, 0.29) is 12.4 Å². The summed E-state index contributed by atoms with van der Waals surface area (Å²) >= 11 is 1.53. The number of thiazole rings is 1. The highest BCUT2D eigenvalue weighted by Gasteiger charge is 2.08. The molecule has 1 heterocycles. The van der Waals surface area contributed by atoms with Crippen LogP contribution >= 0.6 is 11.3 Å². The zero-order chi connectivity index (χ0) is 15.0. The highest BCUT2D eigenvalue weighted by molar-refractivity contribution is 7.13. The first-order chi connectivity index (χ1) is 9.52. The molecule has 0 aliphatic rings. The molecule has 0 atom stereocenters. The standard InChI is InChI=1S/C14H25N3O2S/c1-5-19-13(18)9-12-10-20-14(16-12)15-7-6-8-17(4)11(2)3/h10-11H,5-9H2,1-4H3,(H,15,16). The first-order valence-electron chi connectivity index (χ1n) is 7.07. The summed E-state index contributed by atoms with van der Waals surface area (Å²) in [6.45, 7) is 8.55. The molecule has 0 amide bonds. The predicted molar refractivity (Wildman–Crippen MR) is 83.3 cm³/mol. The number of hydrogen-bond donors (Lipinski definition) is 1. The first-order valence-corrected chi connectivity index (χ1v) is 7.95. The second kappa shape index (κ2) is 8.92. The molecule has 0 fully saturated rings. The number of aromatic nitrogens is 1. The molecule has 114 valence electrons. The topological polar surface area (TPSA) is 54.5 Å². The average Bonchev–Trinajstić information content (AvgIpc) is 2.82. The van der Waals surface area contributed by atoms with Crippen molar-refractivity contribution in [1.29, 1.82) is 0 Å². The Balaban J connectivity index is 2.25. The third-order valence-electron chi connectivity index (χ3n) is 3.03. The Morgan fingerprint density at radius 1 is 1.55 bits per heavy atom. The van der Waals surface area contributed by atoms with Gasteiger partial charge in [-0.3, -0.25) is 4.79 Å². The molecule has 0 spiro atoms. The Kier molecular flexibility index (Phi) is 7.54. The first kappa shape index (κ1) is 16.9. The van der Waals surface area contributed by atoms with Crippen LogP contribution in [0.25, 0.3) is 0 Å². The number of rotatable bonds is 9. The zero-order valence-corrected chi connectivity index (χ0v) is 13.6. The van der Waals surface area contributed by atoms with Crippen LogP contribution in [-0.2, 0) is 16.0 Å². The molecule has 0 aromatic carbocycles. The molecule has 5 nitrogen and oxygen atoms in total. The van der Waals surface area contributed by atoms with Crippen LogP contribution in [0.15, 0.2) is 5.38 Å². The van der Waals surface area contributed by atoms with E-state index in [0.29, 0.717) is 12.6 Å². The van der Waals surface area contributed by atoms with E-state index in [0.717, 1.165) is 30.3 Å². The number of carbonyl (C=O) groups excluding carboxylic acids is 1. The van der Waals surface area contributed by atoms with Crippen molar-refractivity contribution in [1.82, 2.24) is 9.88 Å². The van der Waals surface area contributed by atoms with Gasteiger partial charge in [0.15, 0.2) is 5.13 Å². The molecule has 1 rings (SSSR count).